The zero-order valence-electron chi connectivity index (χ0n) is 36.5. The van der Waals surface area contributed by atoms with Crippen molar-refractivity contribution in [3.8, 4) is 0 Å². The third kappa shape index (κ3) is 40.9. The molecule has 0 aliphatic heterocycles. The summed E-state index contributed by atoms with van der Waals surface area (Å²) in [5, 5.41) is 0. The lowest BCUT2D eigenvalue weighted by Crippen LogP contribution is -1.74. The summed E-state index contributed by atoms with van der Waals surface area (Å²) in [4.78, 5) is 0. The molecule has 312 valence electrons. The predicted octanol–water partition coefficient (Wildman–Crippen LogP) is 19.2. The Morgan fingerprint density at radius 2 is 0.222 bits per heavy atom. The Labute approximate surface area is 343 Å². The molecule has 0 aromatic heterocycles. The first-order valence-electron chi connectivity index (χ1n) is 19.1. The molecule has 0 heteroatoms. The van der Waals surface area contributed by atoms with Crippen LogP contribution < -0.4 is 0 Å². The lowest BCUT2D eigenvalue weighted by atomic mass is 10.1. The van der Waals surface area contributed by atoms with Gasteiger partial charge in [-0.3, -0.25) is 0 Å². The summed E-state index contributed by atoms with van der Waals surface area (Å²) in [5.41, 5.74) is 13.7. The van der Waals surface area contributed by atoms with Crippen molar-refractivity contribution in [2.45, 2.75) is 168 Å². The monoisotopic (exact) mass is 745 g/mol. The fraction of sp³-hybridized carbons (Fsp3) is 0.444. The molecule has 0 N–H and O–H groups in total. The van der Waals surface area contributed by atoms with Crippen LogP contribution in [0.4, 0.5) is 0 Å². The SMILES string of the molecule is C.C.C.C.CC.CC.CC.CC.CC.Cc1ccccc1C.Cc1ccccc1C.Cc1ccccc1C.Cc1ccccc1C.Cc1ccccc1C. The van der Waals surface area contributed by atoms with Gasteiger partial charge in [-0.25, -0.2) is 0 Å². The fourth-order valence-electron chi connectivity index (χ4n) is 3.31. The first kappa shape index (κ1) is 71.5. The smallest absolute Gasteiger partial charge is 0.0395 e. The van der Waals surface area contributed by atoms with Crippen molar-refractivity contribution in [1.29, 1.82) is 0 Å². The Balaban J connectivity index is -0.0000000621. The van der Waals surface area contributed by atoms with Gasteiger partial charge in [0.1, 0.15) is 0 Å². The van der Waals surface area contributed by atoms with E-state index in [-0.39, 0.29) is 29.7 Å². The molecule has 0 spiro atoms. The first-order valence-corrected chi connectivity index (χ1v) is 19.1. The van der Waals surface area contributed by atoms with Crippen molar-refractivity contribution in [2.24, 2.45) is 0 Å². The number of hydrogen-bond acceptors (Lipinski definition) is 0. The molecule has 54 heavy (non-hydrogen) atoms. The summed E-state index contributed by atoms with van der Waals surface area (Å²) in [6, 6.07) is 41.8. The number of benzene rings is 5. The van der Waals surface area contributed by atoms with Gasteiger partial charge in [0.15, 0.2) is 0 Å². The molecule has 0 amide bonds. The molecule has 0 unspecified atom stereocenters. The van der Waals surface area contributed by atoms with E-state index < -0.39 is 0 Å². The van der Waals surface area contributed by atoms with E-state index in [0.717, 1.165) is 0 Å². The maximum Gasteiger partial charge on any atom is -0.0395 e. The predicted molar refractivity (Wildman–Crippen MR) is 263 cm³/mol. The second-order valence-corrected chi connectivity index (χ2v) is 10.4. The first-order chi connectivity index (χ1) is 24.0. The topological polar surface area (TPSA) is 0 Å². The van der Waals surface area contributed by atoms with Crippen molar-refractivity contribution in [3.63, 3.8) is 0 Å². The summed E-state index contributed by atoms with van der Waals surface area (Å²) >= 11 is 0. The lowest BCUT2D eigenvalue weighted by Gasteiger charge is -1.93. The van der Waals surface area contributed by atoms with Gasteiger partial charge in [-0.15, -0.1) is 0 Å². The van der Waals surface area contributed by atoms with Crippen LogP contribution in [-0.4, -0.2) is 0 Å². The Morgan fingerprint density at radius 3 is 0.259 bits per heavy atom. The molecule has 0 saturated heterocycles. The van der Waals surface area contributed by atoms with Gasteiger partial charge in [0.05, 0.1) is 0 Å². The van der Waals surface area contributed by atoms with E-state index in [0.29, 0.717) is 0 Å². The number of aryl methyl sites for hydroxylation is 10. The van der Waals surface area contributed by atoms with Gasteiger partial charge in [0, 0.05) is 0 Å². The number of hydrogen-bond donors (Lipinski definition) is 0. The van der Waals surface area contributed by atoms with Crippen LogP contribution in [0.15, 0.2) is 121 Å². The molecule has 5 aromatic carbocycles. The van der Waals surface area contributed by atoms with E-state index >= 15 is 0 Å². The molecule has 0 atom stereocenters. The van der Waals surface area contributed by atoms with Gasteiger partial charge in [-0.05, 0) is 125 Å². The normalized spacial score (nSPS) is 7.41. The van der Waals surface area contributed by atoms with Crippen molar-refractivity contribution in [2.75, 3.05) is 0 Å². The summed E-state index contributed by atoms with van der Waals surface area (Å²) in [6.45, 7) is 41.2. The minimum absolute atomic E-state index is 0. The average Bonchev–Trinajstić information content (AvgIpc) is 3.16. The van der Waals surface area contributed by atoms with Crippen LogP contribution in [-0.2, 0) is 0 Å². The molecular formula is C54H96. The standard InChI is InChI=1S/5C8H10.5C2H6.4CH4/c5*1-7-5-3-4-6-8(7)2;5*1-2;;;;/h5*3-6H,1-2H3;5*1-2H3;4*1H4. The highest BCUT2D eigenvalue weighted by molar-refractivity contribution is 5.26. The van der Waals surface area contributed by atoms with Gasteiger partial charge in [-0.2, -0.15) is 0 Å². The molecule has 0 nitrogen and oxygen atoms in total. The van der Waals surface area contributed by atoms with Crippen LogP contribution in [0, 0.1) is 69.2 Å². The molecular weight excluding hydrogens is 649 g/mol. The third-order valence-corrected chi connectivity index (χ3v) is 7.13. The van der Waals surface area contributed by atoms with Crippen LogP contribution >= 0.6 is 0 Å². The molecule has 0 aliphatic carbocycles. The van der Waals surface area contributed by atoms with Crippen molar-refractivity contribution >= 4 is 0 Å². The van der Waals surface area contributed by atoms with Crippen LogP contribution in [0.25, 0.3) is 0 Å². The quantitative estimate of drug-likeness (QED) is 0.148. The van der Waals surface area contributed by atoms with Crippen LogP contribution in [0.1, 0.15) is 155 Å². The average molecular weight is 745 g/mol. The van der Waals surface area contributed by atoms with E-state index in [1.165, 1.54) is 55.6 Å². The zero-order chi connectivity index (χ0) is 39.9. The molecule has 5 rings (SSSR count). The third-order valence-electron chi connectivity index (χ3n) is 7.13. The van der Waals surface area contributed by atoms with Gasteiger partial charge in [0.25, 0.3) is 0 Å². The minimum Gasteiger partial charge on any atom is -0.0776 e. The maximum absolute atomic E-state index is 2.12. The van der Waals surface area contributed by atoms with Gasteiger partial charge < -0.3 is 0 Å². The highest BCUT2D eigenvalue weighted by Crippen LogP contribution is 2.05. The van der Waals surface area contributed by atoms with Crippen molar-refractivity contribution < 1.29 is 0 Å². The molecule has 0 saturated carbocycles. The van der Waals surface area contributed by atoms with Gasteiger partial charge in [-0.1, -0.05) is 220 Å². The van der Waals surface area contributed by atoms with E-state index in [2.05, 4.69) is 191 Å². The molecule has 0 fully saturated rings. The molecule has 0 aliphatic rings. The minimum atomic E-state index is 0. The summed E-state index contributed by atoms with van der Waals surface area (Å²) in [7, 11) is 0. The van der Waals surface area contributed by atoms with E-state index in [4.69, 9.17) is 0 Å². The Morgan fingerprint density at radius 1 is 0.167 bits per heavy atom. The van der Waals surface area contributed by atoms with E-state index in [9.17, 15) is 0 Å². The van der Waals surface area contributed by atoms with Gasteiger partial charge >= 0.3 is 0 Å². The molecule has 0 heterocycles. The number of rotatable bonds is 0. The van der Waals surface area contributed by atoms with E-state index in [1.807, 2.05) is 69.2 Å². The summed E-state index contributed by atoms with van der Waals surface area (Å²) in [5.74, 6) is 0. The fourth-order valence-corrected chi connectivity index (χ4v) is 3.31. The van der Waals surface area contributed by atoms with Crippen LogP contribution in [0.5, 0.6) is 0 Å². The molecule has 0 bridgehead atoms. The highest BCUT2D eigenvalue weighted by Gasteiger charge is 1.86. The van der Waals surface area contributed by atoms with Crippen LogP contribution in [0.2, 0.25) is 0 Å². The summed E-state index contributed by atoms with van der Waals surface area (Å²) in [6.07, 6.45) is 0. The lowest BCUT2D eigenvalue weighted by molar-refractivity contribution is 1.34. The van der Waals surface area contributed by atoms with Gasteiger partial charge in [0.2, 0.25) is 0 Å². The molecule has 0 radical (unpaired) electrons. The van der Waals surface area contributed by atoms with Crippen molar-refractivity contribution in [1.82, 2.24) is 0 Å². The second-order valence-electron chi connectivity index (χ2n) is 10.4. The largest absolute Gasteiger partial charge is 0.0776 e. The Hall–Kier alpha value is -3.90. The summed E-state index contributed by atoms with van der Waals surface area (Å²) < 4.78 is 0. The van der Waals surface area contributed by atoms with E-state index in [1.54, 1.807) is 0 Å². The van der Waals surface area contributed by atoms with Crippen LogP contribution in [0.3, 0.4) is 0 Å². The van der Waals surface area contributed by atoms with Crippen molar-refractivity contribution in [3.05, 3.63) is 177 Å². The molecule has 5 aromatic rings. The maximum atomic E-state index is 2.12. The Bertz CT molecular complexity index is 1030. The highest BCUT2D eigenvalue weighted by atomic mass is 13.9. The zero-order valence-corrected chi connectivity index (χ0v) is 36.5. The Kier molecular flexibility index (Phi) is 70.8. The second kappa shape index (κ2) is 53.5.